The molecule has 1 aromatic heterocycles. The van der Waals surface area contributed by atoms with Crippen molar-refractivity contribution in [3.8, 4) is 5.75 Å². The summed E-state index contributed by atoms with van der Waals surface area (Å²) in [6.45, 7) is 2.07. The van der Waals surface area contributed by atoms with Gasteiger partial charge in [-0.3, -0.25) is 20.4 Å². The number of hydrazine groups is 1. The second-order valence-corrected chi connectivity index (χ2v) is 6.18. The Hall–Kier alpha value is -3.32. The van der Waals surface area contributed by atoms with Crippen molar-refractivity contribution in [3.05, 3.63) is 82.1 Å². The van der Waals surface area contributed by atoms with E-state index in [1.807, 2.05) is 30.3 Å². The number of hydrogen-bond donors (Lipinski definition) is 3. The summed E-state index contributed by atoms with van der Waals surface area (Å²) in [5.41, 5.74) is 6.19. The number of para-hydroxylation sites is 1. The lowest BCUT2D eigenvalue weighted by Gasteiger charge is -2.08. The molecule has 0 aliphatic heterocycles. The molecule has 2 aromatic carbocycles. The van der Waals surface area contributed by atoms with E-state index in [9.17, 15) is 14.7 Å². The molecule has 27 heavy (non-hydrogen) atoms. The fourth-order valence-corrected chi connectivity index (χ4v) is 2.90. The number of hydrogen-bond acceptors (Lipinski definition) is 4. The van der Waals surface area contributed by atoms with Gasteiger partial charge >= 0.3 is 0 Å². The summed E-state index contributed by atoms with van der Waals surface area (Å²) in [6, 6.07) is 15.6. The first-order valence-corrected chi connectivity index (χ1v) is 8.50. The zero-order chi connectivity index (χ0) is 19.4. The molecule has 0 bridgehead atoms. The Morgan fingerprint density at radius 2 is 1.67 bits per heavy atom. The smallest absolute Gasteiger partial charge is 0.274 e. The number of aromatic nitrogens is 2. The summed E-state index contributed by atoms with van der Waals surface area (Å²) < 4.78 is 1.52. The van der Waals surface area contributed by atoms with Crippen molar-refractivity contribution in [2.75, 3.05) is 0 Å². The fraction of sp³-hybridized carbons (Fsp3) is 0.105. The summed E-state index contributed by atoms with van der Waals surface area (Å²) in [5.74, 6) is -1.43. The van der Waals surface area contributed by atoms with Crippen LogP contribution in [0.2, 0.25) is 5.15 Å². The summed E-state index contributed by atoms with van der Waals surface area (Å²) in [5, 5.41) is 14.2. The highest BCUT2D eigenvalue weighted by molar-refractivity contribution is 6.33. The molecule has 0 spiro atoms. The summed E-state index contributed by atoms with van der Waals surface area (Å²) in [7, 11) is 0. The van der Waals surface area contributed by atoms with Crippen LogP contribution in [0.25, 0.3) is 0 Å². The topological polar surface area (TPSA) is 96.3 Å². The number of carbonyl (C=O) groups excluding carboxylic acids is 2. The molecule has 8 heteroatoms. The van der Waals surface area contributed by atoms with Crippen LogP contribution in [0.3, 0.4) is 0 Å². The molecule has 3 rings (SSSR count). The van der Waals surface area contributed by atoms with Gasteiger partial charge in [-0.2, -0.15) is 5.10 Å². The van der Waals surface area contributed by atoms with Crippen LogP contribution in [0.1, 0.15) is 32.0 Å². The normalized spacial score (nSPS) is 10.4. The molecule has 138 valence electrons. The maximum Gasteiger partial charge on any atom is 0.274 e. The highest BCUT2D eigenvalue weighted by atomic mass is 35.5. The second kappa shape index (κ2) is 7.92. The van der Waals surface area contributed by atoms with Crippen molar-refractivity contribution >= 4 is 23.4 Å². The van der Waals surface area contributed by atoms with Gasteiger partial charge in [0.25, 0.3) is 11.8 Å². The Kier molecular flexibility index (Phi) is 5.42. The number of halogens is 1. The number of benzene rings is 2. The molecule has 0 aliphatic rings. The zero-order valence-corrected chi connectivity index (χ0v) is 15.2. The van der Waals surface area contributed by atoms with Gasteiger partial charge in [0.2, 0.25) is 0 Å². The molecule has 0 unspecified atom stereocenters. The van der Waals surface area contributed by atoms with Crippen LogP contribution in [-0.4, -0.2) is 26.7 Å². The molecule has 0 aliphatic carbocycles. The lowest BCUT2D eigenvalue weighted by Crippen LogP contribution is -2.41. The van der Waals surface area contributed by atoms with E-state index < -0.39 is 11.8 Å². The van der Waals surface area contributed by atoms with E-state index in [0.29, 0.717) is 12.2 Å². The highest BCUT2D eigenvalue weighted by Gasteiger charge is 2.21. The van der Waals surface area contributed by atoms with E-state index in [2.05, 4.69) is 16.0 Å². The van der Waals surface area contributed by atoms with Crippen LogP contribution >= 0.6 is 11.6 Å². The lowest BCUT2D eigenvalue weighted by atomic mass is 10.2. The maximum absolute atomic E-state index is 12.4. The van der Waals surface area contributed by atoms with Crippen molar-refractivity contribution < 1.29 is 14.7 Å². The Labute approximate surface area is 160 Å². The molecule has 0 atom stereocenters. The van der Waals surface area contributed by atoms with Crippen molar-refractivity contribution in [3.63, 3.8) is 0 Å². The number of aromatic hydroxyl groups is 1. The third-order valence-electron chi connectivity index (χ3n) is 3.91. The average Bonchev–Trinajstić information content (AvgIpc) is 2.94. The average molecular weight is 385 g/mol. The number of aryl methyl sites for hydroxylation is 1. The molecule has 0 saturated heterocycles. The molecular weight excluding hydrogens is 368 g/mol. The predicted octanol–water partition coefficient (Wildman–Crippen LogP) is 2.67. The highest BCUT2D eigenvalue weighted by Crippen LogP contribution is 2.21. The van der Waals surface area contributed by atoms with Gasteiger partial charge in [-0.25, -0.2) is 4.68 Å². The van der Waals surface area contributed by atoms with E-state index >= 15 is 0 Å². The number of rotatable bonds is 4. The van der Waals surface area contributed by atoms with Gasteiger partial charge in [0.1, 0.15) is 16.5 Å². The van der Waals surface area contributed by atoms with E-state index in [0.717, 1.165) is 5.56 Å². The minimum absolute atomic E-state index is 0.0420. The van der Waals surface area contributed by atoms with Crippen molar-refractivity contribution in [1.82, 2.24) is 20.6 Å². The van der Waals surface area contributed by atoms with Gasteiger partial charge in [0.15, 0.2) is 0 Å². The quantitative estimate of drug-likeness (QED) is 0.602. The van der Waals surface area contributed by atoms with Gasteiger partial charge in [-0.05, 0) is 24.6 Å². The fourth-order valence-electron chi connectivity index (χ4n) is 2.58. The number of nitrogens with zero attached hydrogens (tertiary/aromatic N) is 2. The van der Waals surface area contributed by atoms with Gasteiger partial charge < -0.3 is 5.11 Å². The third kappa shape index (κ3) is 4.09. The van der Waals surface area contributed by atoms with Crippen LogP contribution in [0.5, 0.6) is 5.75 Å². The molecule has 1 heterocycles. The number of phenolic OH excluding ortho intramolecular Hbond substituents is 1. The molecule has 0 radical (unpaired) electrons. The number of carbonyl (C=O) groups is 2. The Morgan fingerprint density at radius 3 is 2.37 bits per heavy atom. The van der Waals surface area contributed by atoms with Crippen molar-refractivity contribution in [2.45, 2.75) is 13.5 Å². The van der Waals surface area contributed by atoms with Crippen LogP contribution in [-0.2, 0) is 6.54 Å². The molecule has 0 fully saturated rings. The Morgan fingerprint density at radius 1 is 1.04 bits per heavy atom. The monoisotopic (exact) mass is 384 g/mol. The van der Waals surface area contributed by atoms with E-state index in [1.165, 1.54) is 16.8 Å². The molecule has 0 saturated carbocycles. The third-order valence-corrected chi connectivity index (χ3v) is 4.29. The molecular formula is C19H17ClN4O3. The number of nitrogens with one attached hydrogen (secondary N) is 2. The lowest BCUT2D eigenvalue weighted by molar-refractivity contribution is 0.0844. The van der Waals surface area contributed by atoms with Gasteiger partial charge in [0.05, 0.1) is 17.8 Å². The standard InChI is InChI=1S/C19H17ClN4O3/c1-12-16(17(20)24(23-12)11-13-7-3-2-4-8-13)19(27)22-21-18(26)14-9-5-6-10-15(14)25/h2-10,25H,11H2,1H3,(H,21,26)(H,22,27). The largest absolute Gasteiger partial charge is 0.507 e. The first kappa shape index (κ1) is 18.5. The summed E-state index contributed by atoms with van der Waals surface area (Å²) >= 11 is 6.32. The number of amides is 2. The minimum Gasteiger partial charge on any atom is -0.507 e. The minimum atomic E-state index is -0.646. The van der Waals surface area contributed by atoms with Crippen molar-refractivity contribution in [1.29, 1.82) is 0 Å². The SMILES string of the molecule is Cc1nn(Cc2ccccc2)c(Cl)c1C(=O)NNC(=O)c1ccccc1O. The number of phenols is 1. The maximum atomic E-state index is 12.4. The molecule has 7 nitrogen and oxygen atoms in total. The summed E-state index contributed by atoms with van der Waals surface area (Å²) in [4.78, 5) is 24.5. The van der Waals surface area contributed by atoms with E-state index in [4.69, 9.17) is 11.6 Å². The molecule has 3 aromatic rings. The summed E-state index contributed by atoms with van der Waals surface area (Å²) in [6.07, 6.45) is 0. The second-order valence-electron chi connectivity index (χ2n) is 5.82. The Balaban J connectivity index is 1.72. The van der Waals surface area contributed by atoms with Gasteiger partial charge in [-0.1, -0.05) is 54.1 Å². The first-order chi connectivity index (χ1) is 13.0. The molecule has 2 amide bonds. The van der Waals surface area contributed by atoms with Crippen LogP contribution in [0, 0.1) is 6.92 Å². The van der Waals surface area contributed by atoms with Crippen LogP contribution in [0.15, 0.2) is 54.6 Å². The van der Waals surface area contributed by atoms with Crippen LogP contribution in [0.4, 0.5) is 0 Å². The first-order valence-electron chi connectivity index (χ1n) is 8.13. The zero-order valence-electron chi connectivity index (χ0n) is 14.4. The van der Waals surface area contributed by atoms with E-state index in [1.54, 1.807) is 19.1 Å². The van der Waals surface area contributed by atoms with Crippen molar-refractivity contribution in [2.24, 2.45) is 0 Å². The predicted molar refractivity (Wildman–Crippen MR) is 101 cm³/mol. The van der Waals surface area contributed by atoms with Gasteiger partial charge in [-0.15, -0.1) is 0 Å². The van der Waals surface area contributed by atoms with Gasteiger partial charge in [0, 0.05) is 0 Å². The van der Waals surface area contributed by atoms with E-state index in [-0.39, 0.29) is 22.0 Å². The molecule has 3 N–H and O–H groups in total. The van der Waals surface area contributed by atoms with Crippen LogP contribution < -0.4 is 10.9 Å². The Bertz CT molecular complexity index is 986.